The minimum Gasteiger partial charge on any atom is -0.354 e. The smallest absolute Gasteiger partial charge is 0.354 e. The summed E-state index contributed by atoms with van der Waals surface area (Å²) in [5.41, 5.74) is 3.92. The molecule has 21 heavy (non-hydrogen) atoms. The average Bonchev–Trinajstić information content (AvgIpc) is 2.82. The second-order valence-electron chi connectivity index (χ2n) is 4.46. The van der Waals surface area contributed by atoms with Gasteiger partial charge in [-0.1, -0.05) is 0 Å². The summed E-state index contributed by atoms with van der Waals surface area (Å²) in [5.74, 6) is 5.34. The lowest BCUT2D eigenvalue weighted by atomic mass is 10.2. The molecule has 0 spiro atoms. The number of nitrogens with zero attached hydrogens (tertiary/aromatic N) is 3. The summed E-state index contributed by atoms with van der Waals surface area (Å²) in [5, 5.41) is 0. The molecule has 0 fully saturated rings. The zero-order valence-corrected chi connectivity index (χ0v) is 12.2. The zero-order chi connectivity index (χ0) is 15.6. The number of aromatic nitrogens is 2. The van der Waals surface area contributed by atoms with Crippen LogP contribution >= 0.6 is 11.3 Å². The first-order valence-corrected chi connectivity index (χ1v) is 6.85. The number of pyridine rings is 1. The van der Waals surface area contributed by atoms with E-state index in [4.69, 9.17) is 5.84 Å². The summed E-state index contributed by atoms with van der Waals surface area (Å²) in [4.78, 5) is 10.8. The van der Waals surface area contributed by atoms with E-state index in [2.05, 4.69) is 15.4 Å². The van der Waals surface area contributed by atoms with Gasteiger partial charge in [-0.15, -0.1) is 11.3 Å². The topological polar surface area (TPSA) is 67.1 Å². The van der Waals surface area contributed by atoms with Crippen molar-refractivity contribution in [1.29, 1.82) is 0 Å². The highest BCUT2D eigenvalue weighted by atomic mass is 32.1. The number of rotatable bonds is 4. The molecule has 0 saturated carbocycles. The molecule has 0 radical (unpaired) electrons. The Bertz CT molecular complexity index is 626. The third-order valence-corrected chi connectivity index (χ3v) is 3.82. The average molecular weight is 317 g/mol. The van der Waals surface area contributed by atoms with Crippen molar-refractivity contribution in [2.24, 2.45) is 5.84 Å². The fourth-order valence-corrected chi connectivity index (χ4v) is 2.55. The number of anilines is 2. The molecule has 0 amide bonds. The van der Waals surface area contributed by atoms with Crippen LogP contribution in [-0.4, -0.2) is 17.0 Å². The number of nitrogens with two attached hydrogens (primary N) is 1. The lowest BCUT2D eigenvalue weighted by Gasteiger charge is -2.20. The van der Waals surface area contributed by atoms with E-state index in [-0.39, 0.29) is 11.6 Å². The monoisotopic (exact) mass is 317 g/mol. The maximum atomic E-state index is 12.9. The molecule has 2 aromatic heterocycles. The van der Waals surface area contributed by atoms with Crippen LogP contribution in [-0.2, 0) is 12.7 Å². The predicted octanol–water partition coefficient (Wildman–Crippen LogP) is 2.79. The Morgan fingerprint density at radius 2 is 2.10 bits per heavy atom. The first-order valence-electron chi connectivity index (χ1n) is 5.97. The maximum absolute atomic E-state index is 12.9. The van der Waals surface area contributed by atoms with Crippen molar-refractivity contribution in [3.63, 3.8) is 0 Å². The number of nitrogen functional groups attached to an aromatic ring is 1. The standard InChI is InChI=1S/C12H14F3N5S/c1-7-9(21-6-17-7)5-20(2)11-4-8(12(13,14)15)3-10(18-11)19-16/h3-4,6H,5,16H2,1-2H3,(H,18,19). The van der Waals surface area contributed by atoms with Crippen molar-refractivity contribution in [2.45, 2.75) is 19.6 Å². The fraction of sp³-hybridized carbons (Fsp3) is 0.333. The predicted molar refractivity (Wildman–Crippen MR) is 76.0 cm³/mol. The molecule has 114 valence electrons. The van der Waals surface area contributed by atoms with Crippen molar-refractivity contribution >= 4 is 23.0 Å². The van der Waals surface area contributed by atoms with E-state index >= 15 is 0 Å². The number of hydrogen-bond acceptors (Lipinski definition) is 6. The summed E-state index contributed by atoms with van der Waals surface area (Å²) in [7, 11) is 1.67. The minimum atomic E-state index is -4.45. The van der Waals surface area contributed by atoms with E-state index in [1.807, 2.05) is 6.92 Å². The van der Waals surface area contributed by atoms with E-state index in [1.165, 1.54) is 11.3 Å². The largest absolute Gasteiger partial charge is 0.416 e. The normalized spacial score (nSPS) is 11.5. The van der Waals surface area contributed by atoms with E-state index in [9.17, 15) is 13.2 Å². The van der Waals surface area contributed by atoms with Gasteiger partial charge >= 0.3 is 6.18 Å². The second-order valence-corrected chi connectivity index (χ2v) is 5.40. The number of nitrogens with one attached hydrogen (secondary N) is 1. The SMILES string of the molecule is Cc1ncsc1CN(C)c1cc(C(F)(F)F)cc(NN)n1. The fourth-order valence-electron chi connectivity index (χ4n) is 1.72. The lowest BCUT2D eigenvalue weighted by molar-refractivity contribution is -0.137. The van der Waals surface area contributed by atoms with Crippen molar-refractivity contribution < 1.29 is 13.2 Å². The van der Waals surface area contributed by atoms with E-state index in [1.54, 1.807) is 17.5 Å². The molecule has 0 aliphatic rings. The van der Waals surface area contributed by atoms with Gasteiger partial charge in [0, 0.05) is 11.9 Å². The number of alkyl halides is 3. The van der Waals surface area contributed by atoms with Gasteiger partial charge in [-0.2, -0.15) is 13.2 Å². The van der Waals surface area contributed by atoms with Crippen molar-refractivity contribution in [3.05, 3.63) is 33.8 Å². The molecule has 0 aliphatic carbocycles. The summed E-state index contributed by atoms with van der Waals surface area (Å²) >= 11 is 1.45. The van der Waals surface area contributed by atoms with Gasteiger partial charge in [-0.25, -0.2) is 15.8 Å². The van der Waals surface area contributed by atoms with Crippen LogP contribution in [0.4, 0.5) is 24.8 Å². The number of hydrogen-bond donors (Lipinski definition) is 2. The molecule has 2 aromatic rings. The Kier molecular flexibility index (Phi) is 4.33. The van der Waals surface area contributed by atoms with E-state index in [0.717, 1.165) is 22.7 Å². The van der Waals surface area contributed by atoms with Gasteiger partial charge in [0.2, 0.25) is 0 Å². The first kappa shape index (κ1) is 15.5. The van der Waals surface area contributed by atoms with Crippen molar-refractivity contribution in [1.82, 2.24) is 9.97 Å². The van der Waals surface area contributed by atoms with Crippen molar-refractivity contribution in [3.8, 4) is 0 Å². The third-order valence-electron chi connectivity index (χ3n) is 2.90. The molecule has 0 aromatic carbocycles. The molecule has 0 aliphatic heterocycles. The Balaban J connectivity index is 2.32. The summed E-state index contributed by atoms with van der Waals surface area (Å²) < 4.78 is 38.6. The van der Waals surface area contributed by atoms with Crippen LogP contribution in [0.3, 0.4) is 0 Å². The summed E-state index contributed by atoms with van der Waals surface area (Å²) in [6, 6.07) is 1.87. The Labute approximate surface area is 123 Å². The van der Waals surface area contributed by atoms with Gasteiger partial charge in [0.05, 0.1) is 23.3 Å². The quantitative estimate of drug-likeness (QED) is 0.670. The van der Waals surface area contributed by atoms with Crippen LogP contribution in [0.25, 0.3) is 0 Å². The van der Waals surface area contributed by atoms with Crippen LogP contribution in [0.2, 0.25) is 0 Å². The van der Waals surface area contributed by atoms with E-state index in [0.29, 0.717) is 6.54 Å². The van der Waals surface area contributed by atoms with Crippen LogP contribution in [0, 0.1) is 6.92 Å². The molecule has 0 bridgehead atoms. The van der Waals surface area contributed by atoms with Crippen LogP contribution in [0.15, 0.2) is 17.6 Å². The van der Waals surface area contributed by atoms with Crippen molar-refractivity contribution in [2.75, 3.05) is 17.4 Å². The Morgan fingerprint density at radius 3 is 2.62 bits per heavy atom. The molecule has 0 saturated heterocycles. The van der Waals surface area contributed by atoms with Crippen LogP contribution in [0.5, 0.6) is 0 Å². The highest BCUT2D eigenvalue weighted by molar-refractivity contribution is 7.09. The van der Waals surface area contributed by atoms with E-state index < -0.39 is 11.7 Å². The number of halogens is 3. The molecule has 0 unspecified atom stereocenters. The molecule has 3 N–H and O–H groups in total. The molecule has 2 heterocycles. The Morgan fingerprint density at radius 1 is 1.38 bits per heavy atom. The molecule has 2 rings (SSSR count). The third kappa shape index (κ3) is 3.61. The zero-order valence-electron chi connectivity index (χ0n) is 11.4. The van der Waals surface area contributed by atoms with Gasteiger partial charge in [-0.05, 0) is 19.1 Å². The lowest BCUT2D eigenvalue weighted by Crippen LogP contribution is -2.20. The molecule has 9 heteroatoms. The van der Waals surface area contributed by atoms with Gasteiger partial charge in [0.25, 0.3) is 0 Å². The molecule has 5 nitrogen and oxygen atoms in total. The highest BCUT2D eigenvalue weighted by Crippen LogP contribution is 2.33. The summed E-state index contributed by atoms with van der Waals surface area (Å²) in [6.07, 6.45) is -4.45. The molecular weight excluding hydrogens is 303 g/mol. The van der Waals surface area contributed by atoms with Gasteiger partial charge < -0.3 is 10.3 Å². The Hall–Kier alpha value is -1.87. The van der Waals surface area contributed by atoms with Crippen LogP contribution < -0.4 is 16.2 Å². The maximum Gasteiger partial charge on any atom is 0.416 e. The number of hydrazine groups is 1. The second kappa shape index (κ2) is 5.86. The van der Waals surface area contributed by atoms with Crippen LogP contribution in [0.1, 0.15) is 16.1 Å². The highest BCUT2D eigenvalue weighted by Gasteiger charge is 2.32. The first-order chi connectivity index (χ1) is 9.81. The van der Waals surface area contributed by atoms with Gasteiger partial charge in [0.15, 0.2) is 0 Å². The molecular formula is C12H14F3N5S. The number of aryl methyl sites for hydroxylation is 1. The summed E-state index contributed by atoms with van der Waals surface area (Å²) in [6.45, 7) is 2.28. The minimum absolute atomic E-state index is 0.0345. The van der Waals surface area contributed by atoms with Gasteiger partial charge in [-0.3, -0.25) is 0 Å². The van der Waals surface area contributed by atoms with Gasteiger partial charge in [0.1, 0.15) is 11.6 Å². The number of thiazole rings is 1. The molecule has 0 atom stereocenters.